The van der Waals surface area contributed by atoms with Gasteiger partial charge in [-0.05, 0) is 36.8 Å². The summed E-state index contributed by atoms with van der Waals surface area (Å²) in [5.41, 5.74) is 1.77. The molecule has 32 heavy (non-hydrogen) atoms. The largest absolute Gasteiger partial charge is 0.748 e. The molecule has 0 saturated heterocycles. The Morgan fingerprint density at radius 2 is 1.59 bits per heavy atom. The number of carbonyl (C=O) groups is 1. The first-order valence-corrected chi connectivity index (χ1v) is 11.7. The quantitative estimate of drug-likeness (QED) is 0.115. The zero-order chi connectivity index (χ0) is 22.7. The number of pyridine rings is 1. The zero-order valence-corrected chi connectivity index (χ0v) is 17.9. The number of benzene rings is 3. The van der Waals surface area contributed by atoms with E-state index in [0.717, 1.165) is 5.52 Å². The van der Waals surface area contributed by atoms with Gasteiger partial charge in [0.15, 0.2) is 0 Å². The van der Waals surface area contributed by atoms with Gasteiger partial charge in [-0.2, -0.15) is 4.57 Å². The molecule has 0 aliphatic heterocycles. The van der Waals surface area contributed by atoms with Crippen LogP contribution in [0.2, 0.25) is 0 Å². The highest BCUT2D eigenvalue weighted by molar-refractivity contribution is 7.85. The smallest absolute Gasteiger partial charge is 0.345 e. The van der Waals surface area contributed by atoms with E-state index >= 15 is 0 Å². The fraction of sp³-hybridized carbons (Fsp3) is 0.167. The Hall–Kier alpha value is -3.49. The van der Waals surface area contributed by atoms with Crippen LogP contribution in [-0.4, -0.2) is 29.8 Å². The molecule has 1 heterocycles. The van der Waals surface area contributed by atoms with Gasteiger partial charge >= 0.3 is 5.97 Å². The van der Waals surface area contributed by atoms with E-state index in [2.05, 4.69) is 0 Å². The third-order valence-electron chi connectivity index (χ3n) is 5.19. The van der Waals surface area contributed by atoms with Crippen molar-refractivity contribution >= 4 is 37.9 Å². The van der Waals surface area contributed by atoms with Crippen molar-refractivity contribution in [3.63, 3.8) is 0 Å². The van der Waals surface area contributed by atoms with Crippen LogP contribution in [0.1, 0.15) is 23.2 Å². The van der Waals surface area contributed by atoms with Crippen LogP contribution in [0.15, 0.2) is 72.8 Å². The summed E-state index contributed by atoms with van der Waals surface area (Å²) in [6.45, 7) is 0.436. The number of aromatic nitrogens is 1. The fourth-order valence-electron chi connectivity index (χ4n) is 3.81. The molecule has 0 radical (unpaired) electrons. The standard InChI is InChI=1S/C24H21NO6S/c26-17-12-13-22-20(16-17)23(24(27)31-18-8-2-1-3-9-18)19-10-4-5-11-21(19)25(22)14-6-7-15-32(28,29)30/h1-5,8-13,16H,6-7,14-15H2,(H-,26,27,28,29,30). The zero-order valence-electron chi connectivity index (χ0n) is 17.1. The van der Waals surface area contributed by atoms with E-state index in [9.17, 15) is 22.9 Å². The topological polar surface area (TPSA) is 108 Å². The van der Waals surface area contributed by atoms with Crippen molar-refractivity contribution in [2.45, 2.75) is 19.4 Å². The summed E-state index contributed by atoms with van der Waals surface area (Å²) in [6.07, 6.45) is 0.685. The molecular weight excluding hydrogens is 430 g/mol. The fourth-order valence-corrected chi connectivity index (χ4v) is 4.37. The van der Waals surface area contributed by atoms with Crippen molar-refractivity contribution in [2.75, 3.05) is 5.75 Å². The summed E-state index contributed by atoms with van der Waals surface area (Å²) < 4.78 is 40.4. The van der Waals surface area contributed by atoms with Gasteiger partial charge in [0.2, 0.25) is 11.0 Å². The van der Waals surface area contributed by atoms with Gasteiger partial charge in [0.25, 0.3) is 0 Å². The maximum absolute atomic E-state index is 13.2. The summed E-state index contributed by atoms with van der Waals surface area (Å²) in [5, 5.41) is 11.3. The molecule has 1 N–H and O–H groups in total. The van der Waals surface area contributed by atoms with Crippen molar-refractivity contribution in [3.8, 4) is 11.5 Å². The lowest BCUT2D eigenvalue weighted by Gasteiger charge is -2.12. The molecule has 0 saturated carbocycles. The van der Waals surface area contributed by atoms with E-state index < -0.39 is 21.8 Å². The highest BCUT2D eigenvalue weighted by Gasteiger charge is 2.25. The average molecular weight is 452 g/mol. The SMILES string of the molecule is O=C(Oc1ccccc1)c1c2ccccc2[n+](CCCCS(=O)(=O)[O-])c2ccc(O)cc12. The maximum atomic E-state index is 13.2. The molecule has 0 bridgehead atoms. The number of hydrogen-bond donors (Lipinski definition) is 1. The third-order valence-corrected chi connectivity index (χ3v) is 5.98. The molecule has 8 heteroatoms. The molecule has 4 rings (SSSR count). The number of esters is 1. The van der Waals surface area contributed by atoms with E-state index in [1.807, 2.05) is 28.8 Å². The van der Waals surface area contributed by atoms with E-state index in [1.54, 1.807) is 36.4 Å². The Bertz CT molecular complexity index is 1400. The number of phenolic OH excluding ortho intramolecular Hbond substituents is 1. The van der Waals surface area contributed by atoms with Gasteiger partial charge < -0.3 is 14.4 Å². The van der Waals surface area contributed by atoms with Crippen molar-refractivity contribution < 1.29 is 32.2 Å². The summed E-state index contributed by atoms with van der Waals surface area (Å²) in [5.74, 6) is -0.560. The molecule has 4 aromatic rings. The van der Waals surface area contributed by atoms with Crippen molar-refractivity contribution in [1.29, 1.82) is 0 Å². The van der Waals surface area contributed by atoms with Crippen LogP contribution in [0.25, 0.3) is 21.8 Å². The van der Waals surface area contributed by atoms with Crippen LogP contribution in [0, 0.1) is 0 Å². The molecule has 0 spiro atoms. The van der Waals surface area contributed by atoms with Gasteiger partial charge in [0.05, 0.1) is 26.5 Å². The molecule has 0 amide bonds. The van der Waals surface area contributed by atoms with E-state index in [1.165, 1.54) is 12.1 Å². The lowest BCUT2D eigenvalue weighted by molar-refractivity contribution is -0.645. The van der Waals surface area contributed by atoms with E-state index in [-0.39, 0.29) is 12.2 Å². The molecule has 3 aromatic carbocycles. The Balaban J connectivity index is 1.83. The number of nitrogens with zero attached hydrogens (tertiary/aromatic N) is 1. The van der Waals surface area contributed by atoms with Crippen molar-refractivity contribution in [2.24, 2.45) is 0 Å². The number of para-hydroxylation sites is 2. The first kappa shape index (κ1) is 21.7. The number of carbonyl (C=O) groups excluding carboxylic acids is 1. The van der Waals surface area contributed by atoms with E-state index in [4.69, 9.17) is 4.74 Å². The second-order valence-corrected chi connectivity index (χ2v) is 8.94. The Kier molecular flexibility index (Phi) is 6.07. The Morgan fingerprint density at radius 3 is 2.34 bits per heavy atom. The second-order valence-electron chi connectivity index (χ2n) is 7.42. The summed E-state index contributed by atoms with van der Waals surface area (Å²) in [7, 11) is -4.27. The number of fused-ring (bicyclic) bond motifs is 2. The molecule has 0 unspecified atom stereocenters. The number of hydrogen-bond acceptors (Lipinski definition) is 6. The highest BCUT2D eigenvalue weighted by Crippen LogP contribution is 2.29. The van der Waals surface area contributed by atoms with E-state index in [0.29, 0.717) is 40.6 Å². The molecule has 0 fully saturated rings. The predicted octanol–water partition coefficient (Wildman–Crippen LogP) is 3.53. The lowest BCUT2D eigenvalue weighted by atomic mass is 10.0. The van der Waals surface area contributed by atoms with Crippen molar-refractivity contribution in [3.05, 3.63) is 78.4 Å². The normalized spacial score (nSPS) is 11.7. The molecule has 7 nitrogen and oxygen atoms in total. The van der Waals surface area contributed by atoms with Crippen LogP contribution < -0.4 is 9.30 Å². The number of rotatable bonds is 7. The maximum Gasteiger partial charge on any atom is 0.345 e. The monoisotopic (exact) mass is 451 g/mol. The molecule has 0 atom stereocenters. The summed E-state index contributed by atoms with van der Waals surface area (Å²) >= 11 is 0. The minimum absolute atomic E-state index is 0.00513. The average Bonchev–Trinajstić information content (AvgIpc) is 2.75. The molecule has 1 aromatic heterocycles. The van der Waals surface area contributed by atoms with Crippen LogP contribution in [0.4, 0.5) is 0 Å². The number of phenols is 1. The van der Waals surface area contributed by atoms with Gasteiger partial charge in [-0.15, -0.1) is 0 Å². The summed E-state index contributed by atoms with van der Waals surface area (Å²) in [6, 6.07) is 20.8. The van der Waals surface area contributed by atoms with Gasteiger partial charge in [0.1, 0.15) is 18.0 Å². The molecule has 0 aliphatic rings. The highest BCUT2D eigenvalue weighted by atomic mass is 32.2. The number of unbranched alkanes of at least 4 members (excludes halogenated alkanes) is 1. The third kappa shape index (κ3) is 4.71. The van der Waals surface area contributed by atoms with Crippen LogP contribution in [-0.2, 0) is 16.7 Å². The first-order chi connectivity index (χ1) is 15.3. The molecule has 164 valence electrons. The van der Waals surface area contributed by atoms with Crippen LogP contribution in [0.3, 0.4) is 0 Å². The van der Waals surface area contributed by atoms with Crippen LogP contribution >= 0.6 is 0 Å². The van der Waals surface area contributed by atoms with Crippen LogP contribution in [0.5, 0.6) is 11.5 Å². The Labute approximate surface area is 185 Å². The first-order valence-electron chi connectivity index (χ1n) is 10.1. The minimum Gasteiger partial charge on any atom is -0.748 e. The molecule has 0 aliphatic carbocycles. The lowest BCUT2D eigenvalue weighted by Crippen LogP contribution is -2.37. The Morgan fingerprint density at radius 1 is 0.906 bits per heavy atom. The van der Waals surface area contributed by atoms with Gasteiger partial charge in [-0.1, -0.05) is 30.3 Å². The van der Waals surface area contributed by atoms with Gasteiger partial charge in [0, 0.05) is 24.3 Å². The van der Waals surface area contributed by atoms with Gasteiger partial charge in [-0.25, -0.2) is 13.2 Å². The predicted molar refractivity (Wildman–Crippen MR) is 119 cm³/mol. The minimum atomic E-state index is -4.27. The second kappa shape index (κ2) is 8.94. The summed E-state index contributed by atoms with van der Waals surface area (Å²) in [4.78, 5) is 13.2. The number of aryl methyl sites for hydroxylation is 1. The number of ether oxygens (including phenoxy) is 1. The van der Waals surface area contributed by atoms with Gasteiger partial charge in [-0.3, -0.25) is 0 Å². The number of aromatic hydroxyl groups is 1. The molecular formula is C24H21NO6S. The van der Waals surface area contributed by atoms with Crippen molar-refractivity contribution in [1.82, 2.24) is 0 Å².